The molecule has 154 valence electrons. The molecule has 2 saturated heterocycles. The fourth-order valence-electron chi connectivity index (χ4n) is 3.84. The average Bonchev–Trinajstić information content (AvgIpc) is 3.07. The number of aliphatic imine (C=N–C) groups is 1. The smallest absolute Gasteiger partial charge is 0.300 e. The summed E-state index contributed by atoms with van der Waals surface area (Å²) in [5, 5.41) is 1.09. The minimum absolute atomic E-state index is 0.291. The van der Waals surface area contributed by atoms with Crippen molar-refractivity contribution in [3.05, 3.63) is 33.8 Å². The van der Waals surface area contributed by atoms with Crippen molar-refractivity contribution >= 4 is 46.9 Å². The minimum atomic E-state index is -0.663. The lowest BCUT2D eigenvalue weighted by atomic mass is 10.1. The highest BCUT2D eigenvalue weighted by Gasteiger charge is 2.55. The van der Waals surface area contributed by atoms with Crippen molar-refractivity contribution in [2.24, 2.45) is 4.99 Å². The maximum Gasteiger partial charge on any atom is 0.392 e. The normalized spacial score (nSPS) is 23.1. The van der Waals surface area contributed by atoms with Gasteiger partial charge in [-0.2, -0.15) is 0 Å². The number of hydrogen-bond acceptors (Lipinski definition) is 3. The molecule has 0 aliphatic carbocycles. The van der Waals surface area contributed by atoms with Crippen LogP contribution >= 0.6 is 23.2 Å². The van der Waals surface area contributed by atoms with Crippen molar-refractivity contribution in [2.45, 2.75) is 12.6 Å². The van der Waals surface area contributed by atoms with Crippen LogP contribution in [-0.4, -0.2) is 101 Å². The largest absolute Gasteiger partial charge is 0.392 e. The summed E-state index contributed by atoms with van der Waals surface area (Å²) in [5.41, 5.74) is 0.842. The lowest BCUT2D eigenvalue weighted by Crippen LogP contribution is -2.62. The van der Waals surface area contributed by atoms with Gasteiger partial charge in [0.2, 0.25) is 11.9 Å². The van der Waals surface area contributed by atoms with Gasteiger partial charge in [-0.1, -0.05) is 34.3 Å². The molecule has 0 N–H and O–H groups in total. The van der Waals surface area contributed by atoms with Gasteiger partial charge in [0.1, 0.15) is 0 Å². The molecule has 1 aromatic rings. The topological polar surface area (TPSA) is 62.5 Å². The van der Waals surface area contributed by atoms with Crippen LogP contribution in [0.4, 0.5) is 4.79 Å². The maximum atomic E-state index is 13.0. The van der Waals surface area contributed by atoms with Gasteiger partial charge in [0.05, 0.1) is 19.6 Å². The fraction of sp³-hybridized carbons (Fsp3) is 0.474. The number of guanidine groups is 1. The summed E-state index contributed by atoms with van der Waals surface area (Å²) in [6.07, 6.45) is 0. The molecule has 29 heavy (non-hydrogen) atoms. The monoisotopic (exact) mass is 437 g/mol. The molecule has 3 amide bonds. The molecule has 3 heterocycles. The number of rotatable bonds is 2. The Balaban J connectivity index is 1.77. The number of likely N-dealkylation sites (N-methyl/N-ethyl adjacent to an activating group) is 3. The van der Waals surface area contributed by atoms with Gasteiger partial charge in [-0.05, 0) is 19.2 Å². The van der Waals surface area contributed by atoms with E-state index in [-0.39, 0.29) is 11.9 Å². The number of carbonyl (C=O) groups is 2. The first-order valence-corrected chi connectivity index (χ1v) is 10.2. The second kappa shape index (κ2) is 7.59. The van der Waals surface area contributed by atoms with E-state index in [1.54, 1.807) is 19.2 Å². The Hall–Kier alpha value is -2.16. The molecule has 10 heteroatoms. The Bertz CT molecular complexity index is 937. The summed E-state index contributed by atoms with van der Waals surface area (Å²) in [5.74, 6) is 0.866. The number of halogens is 2. The highest BCUT2D eigenvalue weighted by Crippen LogP contribution is 2.28. The van der Waals surface area contributed by atoms with Gasteiger partial charge in [-0.25, -0.2) is 9.69 Å². The number of carbonyl (C=O) groups excluding carboxylic acids is 2. The van der Waals surface area contributed by atoms with Crippen LogP contribution in [0.2, 0.25) is 10.0 Å². The van der Waals surface area contributed by atoms with Gasteiger partial charge in [0.25, 0.3) is 5.91 Å². The van der Waals surface area contributed by atoms with E-state index >= 15 is 0 Å². The number of nitrogens with zero attached hydrogens (tertiary/aromatic N) is 6. The number of fused-ring (bicyclic) bond motifs is 1. The number of benzene rings is 1. The summed E-state index contributed by atoms with van der Waals surface area (Å²) in [4.78, 5) is 37.0. The summed E-state index contributed by atoms with van der Waals surface area (Å²) >= 11 is 12.5. The van der Waals surface area contributed by atoms with E-state index < -0.39 is 6.04 Å². The van der Waals surface area contributed by atoms with E-state index in [1.807, 2.05) is 11.0 Å². The summed E-state index contributed by atoms with van der Waals surface area (Å²) in [6, 6.07) is 4.28. The Kier molecular flexibility index (Phi) is 5.27. The lowest BCUT2D eigenvalue weighted by molar-refractivity contribution is -0.544. The van der Waals surface area contributed by atoms with Crippen LogP contribution < -0.4 is 0 Å². The van der Waals surface area contributed by atoms with Crippen LogP contribution in [-0.2, 0) is 11.3 Å². The summed E-state index contributed by atoms with van der Waals surface area (Å²) in [6.45, 7) is 3.77. The molecule has 4 rings (SSSR count). The third-order valence-electron chi connectivity index (χ3n) is 5.65. The highest BCUT2D eigenvalue weighted by atomic mass is 35.5. The Labute approximate surface area is 179 Å². The zero-order valence-corrected chi connectivity index (χ0v) is 18.1. The molecule has 2 fully saturated rings. The fourth-order valence-corrected chi connectivity index (χ4v) is 4.31. The molecule has 1 atom stereocenters. The Morgan fingerprint density at radius 1 is 1.10 bits per heavy atom. The number of imide groups is 1. The molecule has 0 bridgehead atoms. The Morgan fingerprint density at radius 3 is 2.45 bits per heavy atom. The SMILES string of the molecule is CN1CC[N+](=C2N=C3C(C(=O)N(C)C(=O)N3C)N2Cc2ccc(Cl)cc2Cl)CC1. The summed E-state index contributed by atoms with van der Waals surface area (Å²) in [7, 11) is 5.23. The molecular formula is C19H23Cl2N6O2+. The maximum absolute atomic E-state index is 13.0. The van der Waals surface area contributed by atoms with E-state index in [2.05, 4.69) is 16.5 Å². The molecule has 1 aromatic carbocycles. The first-order valence-electron chi connectivity index (χ1n) is 9.42. The predicted octanol–water partition coefficient (Wildman–Crippen LogP) is 1.41. The lowest BCUT2D eigenvalue weighted by Gasteiger charge is -2.33. The third kappa shape index (κ3) is 3.49. The van der Waals surface area contributed by atoms with Crippen LogP contribution in [0.5, 0.6) is 0 Å². The van der Waals surface area contributed by atoms with Crippen LogP contribution in [0.15, 0.2) is 23.2 Å². The van der Waals surface area contributed by atoms with E-state index in [1.165, 1.54) is 11.9 Å². The zero-order valence-electron chi connectivity index (χ0n) is 16.6. The number of piperazine rings is 1. The highest BCUT2D eigenvalue weighted by molar-refractivity contribution is 6.35. The predicted molar refractivity (Wildman–Crippen MR) is 112 cm³/mol. The van der Waals surface area contributed by atoms with E-state index in [0.29, 0.717) is 28.4 Å². The first kappa shape index (κ1) is 20.1. The van der Waals surface area contributed by atoms with Gasteiger partial charge in [0, 0.05) is 42.8 Å². The molecule has 3 aliphatic heterocycles. The molecule has 0 radical (unpaired) electrons. The number of amidine groups is 1. The van der Waals surface area contributed by atoms with E-state index in [4.69, 9.17) is 28.2 Å². The standard InChI is InChI=1S/C19H23Cl2N6O2/c1-23-6-8-26(9-7-23)18-22-16-15(17(28)25(3)19(29)24(16)2)27(18)11-12-4-5-13(20)10-14(12)21/h4-5,10,15H,6-9,11H2,1-3H3/q+1. The van der Waals surface area contributed by atoms with E-state index in [9.17, 15) is 9.59 Å². The molecule has 0 spiro atoms. The van der Waals surface area contributed by atoms with Crippen LogP contribution in [0.3, 0.4) is 0 Å². The van der Waals surface area contributed by atoms with Gasteiger partial charge in [-0.3, -0.25) is 19.2 Å². The Morgan fingerprint density at radius 2 is 1.79 bits per heavy atom. The quantitative estimate of drug-likeness (QED) is 0.656. The summed E-state index contributed by atoms with van der Waals surface area (Å²) < 4.78 is 2.17. The molecule has 3 aliphatic rings. The van der Waals surface area contributed by atoms with Crippen molar-refractivity contribution in [3.8, 4) is 0 Å². The van der Waals surface area contributed by atoms with Crippen molar-refractivity contribution < 1.29 is 14.2 Å². The van der Waals surface area contributed by atoms with Crippen molar-refractivity contribution in [3.63, 3.8) is 0 Å². The minimum Gasteiger partial charge on any atom is -0.300 e. The average molecular weight is 438 g/mol. The number of amides is 3. The molecule has 0 aromatic heterocycles. The van der Waals surface area contributed by atoms with Crippen molar-refractivity contribution in [1.29, 1.82) is 0 Å². The second-order valence-electron chi connectivity index (χ2n) is 7.57. The van der Waals surface area contributed by atoms with Crippen LogP contribution in [0, 0.1) is 0 Å². The first-order chi connectivity index (χ1) is 13.8. The van der Waals surface area contributed by atoms with Gasteiger partial charge in [-0.15, -0.1) is 0 Å². The molecule has 1 unspecified atom stereocenters. The second-order valence-corrected chi connectivity index (χ2v) is 8.41. The zero-order chi connectivity index (χ0) is 20.9. The third-order valence-corrected chi connectivity index (χ3v) is 6.24. The van der Waals surface area contributed by atoms with E-state index in [0.717, 1.165) is 36.6 Å². The van der Waals surface area contributed by atoms with Gasteiger partial charge < -0.3 is 4.90 Å². The molecule has 0 saturated carbocycles. The van der Waals surface area contributed by atoms with Gasteiger partial charge >= 0.3 is 12.0 Å². The van der Waals surface area contributed by atoms with Crippen molar-refractivity contribution in [1.82, 2.24) is 19.6 Å². The van der Waals surface area contributed by atoms with Crippen molar-refractivity contribution in [2.75, 3.05) is 47.3 Å². The van der Waals surface area contributed by atoms with Gasteiger partial charge in [0.15, 0.2) is 0 Å². The number of urea groups is 1. The number of hydrogen-bond donors (Lipinski definition) is 0. The van der Waals surface area contributed by atoms with Crippen LogP contribution in [0.25, 0.3) is 0 Å². The van der Waals surface area contributed by atoms with Crippen LogP contribution in [0.1, 0.15) is 5.56 Å². The molecular weight excluding hydrogens is 415 g/mol. The molecule has 8 nitrogen and oxygen atoms in total.